The lowest BCUT2D eigenvalue weighted by atomic mass is 9.90. The monoisotopic (exact) mass is 366 g/mol. The molecule has 0 N–H and O–H groups in total. The van der Waals surface area contributed by atoms with E-state index in [1.54, 1.807) is 0 Å². The van der Waals surface area contributed by atoms with Crippen molar-refractivity contribution in [3.8, 4) is 22.3 Å². The summed E-state index contributed by atoms with van der Waals surface area (Å²) >= 11 is 0. The van der Waals surface area contributed by atoms with E-state index >= 15 is 0 Å². The maximum atomic E-state index is 2.34. The fraction of sp³-hybridized carbons (Fsp3) is 0.214. The molecule has 0 saturated carbocycles. The minimum absolute atomic E-state index is 1.14. The Morgan fingerprint density at radius 3 is 1.82 bits per heavy atom. The van der Waals surface area contributed by atoms with E-state index in [1.807, 2.05) is 13.8 Å². The van der Waals surface area contributed by atoms with Crippen LogP contribution in [0.3, 0.4) is 0 Å². The molecular formula is C28H30. The van der Waals surface area contributed by atoms with Crippen LogP contribution in [-0.2, 0) is 0 Å². The van der Waals surface area contributed by atoms with Crippen molar-refractivity contribution in [1.82, 2.24) is 0 Å². The molecule has 0 amide bonds. The number of benzene rings is 3. The molecule has 3 aromatic carbocycles. The maximum absolute atomic E-state index is 2.34. The van der Waals surface area contributed by atoms with Crippen LogP contribution in [0.1, 0.15) is 43.4 Å². The van der Waals surface area contributed by atoms with Gasteiger partial charge in [0.1, 0.15) is 0 Å². The maximum Gasteiger partial charge on any atom is -0.0152 e. The predicted octanol–water partition coefficient (Wildman–Crippen LogP) is 8.40. The second-order valence-corrected chi connectivity index (χ2v) is 7.08. The van der Waals surface area contributed by atoms with Crippen LogP contribution in [0.2, 0.25) is 0 Å². The molecule has 0 nitrogen and oxygen atoms in total. The van der Waals surface area contributed by atoms with Gasteiger partial charge in [0.05, 0.1) is 0 Å². The number of allylic oxidation sites excluding steroid dienone is 4. The van der Waals surface area contributed by atoms with Crippen LogP contribution in [0.4, 0.5) is 0 Å². The molecule has 1 aliphatic rings. The molecule has 0 spiro atoms. The molecule has 0 atom stereocenters. The molecule has 0 saturated heterocycles. The van der Waals surface area contributed by atoms with E-state index in [0.29, 0.717) is 0 Å². The Morgan fingerprint density at radius 2 is 1.25 bits per heavy atom. The summed E-state index contributed by atoms with van der Waals surface area (Å²) < 4.78 is 0. The van der Waals surface area contributed by atoms with Crippen LogP contribution in [0, 0.1) is 13.8 Å². The Morgan fingerprint density at radius 1 is 0.643 bits per heavy atom. The highest BCUT2D eigenvalue weighted by molar-refractivity contribution is 5.78. The fourth-order valence-electron chi connectivity index (χ4n) is 3.78. The molecule has 28 heavy (non-hydrogen) atoms. The zero-order valence-electron chi connectivity index (χ0n) is 17.5. The number of aryl methyl sites for hydroxylation is 2. The topological polar surface area (TPSA) is 0 Å². The molecule has 4 rings (SSSR count). The normalized spacial score (nSPS) is 12.8. The van der Waals surface area contributed by atoms with Gasteiger partial charge >= 0.3 is 0 Å². The molecular weight excluding hydrogens is 336 g/mol. The van der Waals surface area contributed by atoms with Gasteiger partial charge in [-0.2, -0.15) is 0 Å². The molecule has 0 aromatic heterocycles. The molecule has 142 valence electrons. The van der Waals surface area contributed by atoms with Gasteiger partial charge in [-0.1, -0.05) is 98.8 Å². The average Bonchev–Trinajstić information content (AvgIpc) is 2.77. The second kappa shape index (κ2) is 9.37. The standard InChI is InChI=1S/C26H24.C2H6/c1-19-17-23(21-9-5-3-6-10-21)13-15-25(19)26-16-14-24(18-20(26)2)22-11-7-4-8-12-22;1-2/h3-7,9-11,13-18H,8,12H2,1-2H3;1-2H3. The summed E-state index contributed by atoms with van der Waals surface area (Å²) in [6, 6.07) is 24.3. The van der Waals surface area contributed by atoms with E-state index in [-0.39, 0.29) is 0 Å². The molecule has 0 unspecified atom stereocenters. The van der Waals surface area contributed by atoms with Gasteiger partial charge in [0.25, 0.3) is 0 Å². The van der Waals surface area contributed by atoms with Gasteiger partial charge in [0, 0.05) is 0 Å². The first-order valence-electron chi connectivity index (χ1n) is 10.4. The number of hydrogen-bond donors (Lipinski definition) is 0. The van der Waals surface area contributed by atoms with Gasteiger partial charge in [0.15, 0.2) is 0 Å². The molecule has 0 heteroatoms. The van der Waals surface area contributed by atoms with Crippen molar-refractivity contribution in [3.63, 3.8) is 0 Å². The molecule has 0 heterocycles. The smallest absolute Gasteiger partial charge is 0.0152 e. The van der Waals surface area contributed by atoms with Gasteiger partial charge in [-0.3, -0.25) is 0 Å². The highest BCUT2D eigenvalue weighted by atomic mass is 14.1. The summed E-state index contributed by atoms with van der Waals surface area (Å²) in [7, 11) is 0. The Bertz CT molecular complexity index is 988. The average molecular weight is 367 g/mol. The van der Waals surface area contributed by atoms with E-state index in [4.69, 9.17) is 0 Å². The van der Waals surface area contributed by atoms with Crippen molar-refractivity contribution in [2.24, 2.45) is 0 Å². The van der Waals surface area contributed by atoms with Gasteiger partial charge < -0.3 is 0 Å². The van der Waals surface area contributed by atoms with E-state index < -0.39 is 0 Å². The lowest BCUT2D eigenvalue weighted by Crippen LogP contribution is -1.92. The zero-order valence-corrected chi connectivity index (χ0v) is 17.5. The van der Waals surface area contributed by atoms with Gasteiger partial charge in [-0.25, -0.2) is 0 Å². The summed E-state index contributed by atoms with van der Waals surface area (Å²) in [6.07, 6.45) is 8.95. The lowest BCUT2D eigenvalue weighted by molar-refractivity contribution is 1.05. The van der Waals surface area contributed by atoms with Crippen LogP contribution in [-0.4, -0.2) is 0 Å². The molecule has 0 bridgehead atoms. The van der Waals surface area contributed by atoms with Crippen molar-refractivity contribution in [2.75, 3.05) is 0 Å². The molecule has 1 aliphatic carbocycles. The largest absolute Gasteiger partial charge is 0.0842 e. The Balaban J connectivity index is 0.00000109. The summed E-state index contributed by atoms with van der Waals surface area (Å²) in [4.78, 5) is 0. The third-order valence-corrected chi connectivity index (χ3v) is 5.23. The van der Waals surface area contributed by atoms with Crippen molar-refractivity contribution in [2.45, 2.75) is 40.5 Å². The summed E-state index contributed by atoms with van der Waals surface area (Å²) in [5.41, 5.74) is 10.7. The van der Waals surface area contributed by atoms with Gasteiger partial charge in [-0.05, 0) is 71.2 Å². The van der Waals surface area contributed by atoms with E-state index in [1.165, 1.54) is 44.5 Å². The van der Waals surface area contributed by atoms with E-state index in [2.05, 4.69) is 98.8 Å². The fourth-order valence-corrected chi connectivity index (χ4v) is 3.78. The van der Waals surface area contributed by atoms with Crippen molar-refractivity contribution < 1.29 is 0 Å². The highest BCUT2D eigenvalue weighted by Crippen LogP contribution is 2.33. The number of hydrogen-bond acceptors (Lipinski definition) is 0. The molecule has 0 radical (unpaired) electrons. The molecule has 0 fully saturated rings. The van der Waals surface area contributed by atoms with Crippen LogP contribution in [0.25, 0.3) is 27.8 Å². The van der Waals surface area contributed by atoms with Crippen LogP contribution < -0.4 is 0 Å². The summed E-state index contributed by atoms with van der Waals surface area (Å²) in [5.74, 6) is 0. The third-order valence-electron chi connectivity index (χ3n) is 5.23. The van der Waals surface area contributed by atoms with Crippen LogP contribution in [0.5, 0.6) is 0 Å². The van der Waals surface area contributed by atoms with E-state index in [9.17, 15) is 0 Å². The minimum Gasteiger partial charge on any atom is -0.0842 e. The van der Waals surface area contributed by atoms with Crippen molar-refractivity contribution in [3.05, 3.63) is 102 Å². The molecule has 3 aromatic rings. The minimum atomic E-state index is 1.14. The van der Waals surface area contributed by atoms with Crippen LogP contribution >= 0.6 is 0 Å². The number of rotatable bonds is 3. The molecule has 0 aliphatic heterocycles. The van der Waals surface area contributed by atoms with Crippen molar-refractivity contribution >= 4 is 5.57 Å². The Kier molecular flexibility index (Phi) is 6.66. The summed E-state index contributed by atoms with van der Waals surface area (Å²) in [5, 5.41) is 0. The Labute approximate surface area is 170 Å². The quantitative estimate of drug-likeness (QED) is 0.436. The lowest BCUT2D eigenvalue weighted by Gasteiger charge is -2.15. The van der Waals surface area contributed by atoms with Crippen LogP contribution in [0.15, 0.2) is 85.0 Å². The first-order valence-corrected chi connectivity index (χ1v) is 10.4. The third kappa shape index (κ3) is 4.34. The first-order chi connectivity index (χ1) is 13.7. The zero-order chi connectivity index (χ0) is 19.9. The van der Waals surface area contributed by atoms with Gasteiger partial charge in [0.2, 0.25) is 0 Å². The summed E-state index contributed by atoms with van der Waals surface area (Å²) in [6.45, 7) is 8.44. The predicted molar refractivity (Wildman–Crippen MR) is 124 cm³/mol. The van der Waals surface area contributed by atoms with Crippen molar-refractivity contribution in [1.29, 1.82) is 0 Å². The van der Waals surface area contributed by atoms with Gasteiger partial charge in [-0.15, -0.1) is 0 Å². The second-order valence-electron chi connectivity index (χ2n) is 7.08. The SMILES string of the molecule is CC.Cc1cc(C2=CC=CCC2)ccc1-c1ccc(-c2ccccc2)cc1C. The van der Waals surface area contributed by atoms with E-state index in [0.717, 1.165) is 12.8 Å². The first kappa shape index (κ1) is 19.9. The highest BCUT2D eigenvalue weighted by Gasteiger charge is 2.10. The Hall–Kier alpha value is -2.86.